The summed E-state index contributed by atoms with van der Waals surface area (Å²) in [5.74, 6) is 0. The highest BCUT2D eigenvalue weighted by Gasteiger charge is 2.26. The maximum atomic E-state index is 12.2. The van der Waals surface area contributed by atoms with Crippen molar-refractivity contribution in [3.05, 3.63) is 64.1 Å². The molecule has 0 saturated carbocycles. The highest BCUT2D eigenvalue weighted by molar-refractivity contribution is 8.14. The Bertz CT molecular complexity index is 613. The molecule has 0 heterocycles. The van der Waals surface area contributed by atoms with Gasteiger partial charge in [0.2, 0.25) is 5.12 Å². The fourth-order valence-corrected chi connectivity index (χ4v) is 3.23. The van der Waals surface area contributed by atoms with Gasteiger partial charge in [0.1, 0.15) is 5.38 Å². The van der Waals surface area contributed by atoms with Crippen molar-refractivity contribution >= 4 is 63.3 Å². The summed E-state index contributed by atoms with van der Waals surface area (Å²) in [5.41, 5.74) is 0.756. The predicted octanol–water partition coefficient (Wildman–Crippen LogP) is 6.20. The molecule has 0 fully saturated rings. The van der Waals surface area contributed by atoms with Gasteiger partial charge in [-0.2, -0.15) is 0 Å². The van der Waals surface area contributed by atoms with Crippen LogP contribution in [-0.4, -0.2) is 10.5 Å². The summed E-state index contributed by atoms with van der Waals surface area (Å²) in [6.07, 6.45) is 0. The SMILES string of the molecule is O=C(Sc1ccc(Cl)cc1)[C@H](Cl)[C@@H](Cl)c1ccc(Cl)cc1. The summed E-state index contributed by atoms with van der Waals surface area (Å²) >= 11 is 25.1. The van der Waals surface area contributed by atoms with E-state index >= 15 is 0 Å². The lowest BCUT2D eigenvalue weighted by atomic mass is 10.1. The average molecular weight is 380 g/mol. The maximum Gasteiger partial charge on any atom is 0.213 e. The minimum absolute atomic E-state index is 0.214. The average Bonchev–Trinajstić information content (AvgIpc) is 2.49. The molecular formula is C15H10Cl4OS. The molecule has 21 heavy (non-hydrogen) atoms. The zero-order valence-electron chi connectivity index (χ0n) is 10.6. The lowest BCUT2D eigenvalue weighted by Gasteiger charge is -2.15. The molecule has 0 radical (unpaired) electrons. The molecule has 0 aliphatic rings. The molecule has 0 N–H and O–H groups in total. The van der Waals surface area contributed by atoms with Crippen LogP contribution in [0.25, 0.3) is 0 Å². The molecule has 2 rings (SSSR count). The molecule has 6 heteroatoms. The Morgan fingerprint density at radius 1 is 0.857 bits per heavy atom. The highest BCUT2D eigenvalue weighted by Crippen LogP contribution is 2.34. The van der Waals surface area contributed by atoms with Gasteiger partial charge in [-0.15, -0.1) is 23.2 Å². The first kappa shape index (κ1) is 17.0. The summed E-state index contributed by atoms with van der Waals surface area (Å²) in [7, 11) is 0. The first-order valence-corrected chi connectivity index (χ1v) is 8.43. The summed E-state index contributed by atoms with van der Waals surface area (Å²) in [4.78, 5) is 12.9. The van der Waals surface area contributed by atoms with E-state index in [0.29, 0.717) is 10.0 Å². The van der Waals surface area contributed by atoms with Gasteiger partial charge in [0.15, 0.2) is 0 Å². The second kappa shape index (κ2) is 7.75. The van der Waals surface area contributed by atoms with Gasteiger partial charge in [0.05, 0.1) is 5.38 Å². The van der Waals surface area contributed by atoms with Gasteiger partial charge in [-0.25, -0.2) is 0 Å². The van der Waals surface area contributed by atoms with Crippen LogP contribution >= 0.6 is 58.2 Å². The van der Waals surface area contributed by atoms with Gasteiger partial charge < -0.3 is 0 Å². The normalized spacial score (nSPS) is 13.7. The van der Waals surface area contributed by atoms with Gasteiger partial charge in [-0.3, -0.25) is 4.79 Å². The number of carbonyl (C=O) groups is 1. The van der Waals surface area contributed by atoms with E-state index in [2.05, 4.69) is 0 Å². The van der Waals surface area contributed by atoms with Crippen LogP contribution in [0.3, 0.4) is 0 Å². The van der Waals surface area contributed by atoms with Crippen LogP contribution < -0.4 is 0 Å². The number of thioether (sulfide) groups is 1. The minimum Gasteiger partial charge on any atom is -0.285 e. The molecule has 0 saturated heterocycles. The fourth-order valence-electron chi connectivity index (χ4n) is 1.61. The Morgan fingerprint density at radius 2 is 1.33 bits per heavy atom. The van der Waals surface area contributed by atoms with Crippen molar-refractivity contribution in [3.8, 4) is 0 Å². The Labute approximate surface area is 147 Å². The topological polar surface area (TPSA) is 17.1 Å². The first-order valence-electron chi connectivity index (χ1n) is 5.98. The van der Waals surface area contributed by atoms with E-state index in [1.54, 1.807) is 48.5 Å². The number of hydrogen-bond donors (Lipinski definition) is 0. The zero-order chi connectivity index (χ0) is 15.4. The van der Waals surface area contributed by atoms with Crippen LogP contribution in [0.2, 0.25) is 10.0 Å². The molecule has 0 spiro atoms. The molecule has 2 aromatic carbocycles. The number of benzene rings is 2. The second-order valence-electron chi connectivity index (χ2n) is 4.23. The third-order valence-electron chi connectivity index (χ3n) is 2.70. The summed E-state index contributed by atoms with van der Waals surface area (Å²) in [6, 6.07) is 13.9. The number of alkyl halides is 2. The molecule has 2 aromatic rings. The van der Waals surface area contributed by atoms with Crippen LogP contribution in [-0.2, 0) is 4.79 Å². The highest BCUT2D eigenvalue weighted by atomic mass is 35.5. The zero-order valence-corrected chi connectivity index (χ0v) is 14.4. The van der Waals surface area contributed by atoms with Gasteiger partial charge in [-0.1, -0.05) is 47.1 Å². The quantitative estimate of drug-likeness (QED) is 0.464. The van der Waals surface area contributed by atoms with Crippen molar-refractivity contribution in [2.75, 3.05) is 0 Å². The van der Waals surface area contributed by atoms with Crippen LogP contribution in [0.4, 0.5) is 0 Å². The largest absolute Gasteiger partial charge is 0.285 e. The molecule has 0 bridgehead atoms. The maximum absolute atomic E-state index is 12.2. The molecule has 0 amide bonds. The van der Waals surface area contributed by atoms with E-state index in [4.69, 9.17) is 46.4 Å². The standard InChI is InChI=1S/C15H10Cl4OS/c16-10-3-1-9(2-4-10)13(18)14(19)15(20)21-12-7-5-11(17)6-8-12/h1-8,13-14H/t13-,14+/m0/s1. The van der Waals surface area contributed by atoms with E-state index in [0.717, 1.165) is 22.2 Å². The lowest BCUT2D eigenvalue weighted by Crippen LogP contribution is -2.16. The fraction of sp³-hybridized carbons (Fsp3) is 0.133. The van der Waals surface area contributed by atoms with Gasteiger partial charge in [0, 0.05) is 14.9 Å². The third-order valence-corrected chi connectivity index (χ3v) is 5.38. The van der Waals surface area contributed by atoms with Crippen molar-refractivity contribution in [1.29, 1.82) is 0 Å². The predicted molar refractivity (Wildman–Crippen MR) is 92.0 cm³/mol. The Kier molecular flexibility index (Phi) is 6.27. The van der Waals surface area contributed by atoms with Gasteiger partial charge in [0.25, 0.3) is 0 Å². The van der Waals surface area contributed by atoms with Crippen molar-refractivity contribution in [2.24, 2.45) is 0 Å². The van der Waals surface area contributed by atoms with Gasteiger partial charge in [-0.05, 0) is 42.0 Å². The van der Waals surface area contributed by atoms with E-state index < -0.39 is 10.8 Å². The van der Waals surface area contributed by atoms with Crippen LogP contribution in [0.15, 0.2) is 53.4 Å². The molecule has 110 valence electrons. The third kappa shape index (κ3) is 4.80. The minimum atomic E-state index is -0.839. The number of halogens is 4. The summed E-state index contributed by atoms with van der Waals surface area (Å²) in [5, 5.41) is -0.445. The van der Waals surface area contributed by atoms with Gasteiger partial charge >= 0.3 is 0 Å². The first-order chi connectivity index (χ1) is 9.97. The van der Waals surface area contributed by atoms with Crippen molar-refractivity contribution < 1.29 is 4.79 Å². The molecule has 1 nitrogen and oxygen atoms in total. The molecule has 2 atom stereocenters. The summed E-state index contributed by atoms with van der Waals surface area (Å²) < 4.78 is 0. The molecule has 0 aliphatic carbocycles. The van der Waals surface area contributed by atoms with E-state index in [9.17, 15) is 4.79 Å². The lowest BCUT2D eigenvalue weighted by molar-refractivity contribution is -0.110. The smallest absolute Gasteiger partial charge is 0.213 e. The van der Waals surface area contributed by atoms with Crippen molar-refractivity contribution in [2.45, 2.75) is 15.6 Å². The van der Waals surface area contributed by atoms with E-state index in [1.807, 2.05) is 0 Å². The Morgan fingerprint density at radius 3 is 1.86 bits per heavy atom. The molecule has 0 unspecified atom stereocenters. The second-order valence-corrected chi connectivity index (χ2v) is 7.12. The Hall–Kier alpha value is -0.380. The summed E-state index contributed by atoms with van der Waals surface area (Å²) in [6.45, 7) is 0. The monoisotopic (exact) mass is 378 g/mol. The molecular weight excluding hydrogens is 370 g/mol. The number of hydrogen-bond acceptors (Lipinski definition) is 2. The van der Waals surface area contributed by atoms with Crippen LogP contribution in [0.1, 0.15) is 10.9 Å². The van der Waals surface area contributed by atoms with Crippen molar-refractivity contribution in [1.82, 2.24) is 0 Å². The van der Waals surface area contributed by atoms with Crippen molar-refractivity contribution in [3.63, 3.8) is 0 Å². The number of carbonyl (C=O) groups excluding carboxylic acids is 1. The molecule has 0 aliphatic heterocycles. The Balaban J connectivity index is 2.04. The number of rotatable bonds is 4. The molecule has 0 aromatic heterocycles. The van der Waals surface area contributed by atoms with E-state index in [1.165, 1.54) is 0 Å². The van der Waals surface area contributed by atoms with Crippen LogP contribution in [0.5, 0.6) is 0 Å². The van der Waals surface area contributed by atoms with E-state index in [-0.39, 0.29) is 5.12 Å². The van der Waals surface area contributed by atoms with Crippen LogP contribution in [0, 0.1) is 0 Å².